The number of fused-ring (bicyclic) bond motifs is 1. The first kappa shape index (κ1) is 8.50. The van der Waals surface area contributed by atoms with Crippen LogP contribution < -0.4 is 5.73 Å². The number of carboxylic acid groups (broad SMARTS) is 2. The first-order valence-corrected chi connectivity index (χ1v) is 4.22. The quantitative estimate of drug-likeness (QED) is 0.539. The minimum Gasteiger partial charge on any atom is -0.481 e. The Morgan fingerprint density at radius 1 is 1.38 bits per heavy atom. The lowest BCUT2D eigenvalue weighted by Gasteiger charge is -2.35. The maximum absolute atomic E-state index is 10.8. The zero-order valence-corrected chi connectivity index (χ0v) is 6.93. The van der Waals surface area contributed by atoms with E-state index in [0.29, 0.717) is 12.8 Å². The first-order valence-electron chi connectivity index (χ1n) is 4.22. The number of rotatable bonds is 2. The molecule has 0 amide bonds. The van der Waals surface area contributed by atoms with Crippen LogP contribution in [0.1, 0.15) is 12.8 Å². The zero-order chi connectivity index (χ0) is 9.80. The van der Waals surface area contributed by atoms with Crippen LogP contribution in [-0.4, -0.2) is 27.7 Å². The summed E-state index contributed by atoms with van der Waals surface area (Å²) in [6, 6.07) is 0. The van der Waals surface area contributed by atoms with Gasteiger partial charge in [0.2, 0.25) is 0 Å². The molecule has 5 heteroatoms. The number of carbonyl (C=O) groups is 2. The number of hydrogen-bond acceptors (Lipinski definition) is 3. The Kier molecular flexibility index (Phi) is 1.46. The third-order valence-electron chi connectivity index (χ3n) is 3.44. The highest BCUT2D eigenvalue weighted by Gasteiger charge is 2.66. The predicted octanol–water partition coefficient (Wildman–Crippen LogP) is -0.491. The molecule has 3 aliphatic carbocycles. The lowest BCUT2D eigenvalue weighted by atomic mass is 9.69. The van der Waals surface area contributed by atoms with E-state index >= 15 is 0 Å². The molecule has 0 heterocycles. The van der Waals surface area contributed by atoms with Crippen molar-refractivity contribution in [3.05, 3.63) is 0 Å². The minimum absolute atomic E-state index is 0.0244. The van der Waals surface area contributed by atoms with Gasteiger partial charge in [-0.25, -0.2) is 0 Å². The maximum Gasteiger partial charge on any atom is 0.324 e. The van der Waals surface area contributed by atoms with E-state index in [1.807, 2.05) is 0 Å². The summed E-state index contributed by atoms with van der Waals surface area (Å²) in [5.41, 5.74) is 4.37. The average Bonchev–Trinajstić information content (AvgIpc) is 2.38. The number of nitrogens with two attached hydrogens (primary N) is 1. The third-order valence-corrected chi connectivity index (χ3v) is 3.44. The van der Waals surface area contributed by atoms with Crippen LogP contribution in [0.3, 0.4) is 0 Å². The van der Waals surface area contributed by atoms with E-state index in [1.165, 1.54) is 0 Å². The van der Waals surface area contributed by atoms with Crippen molar-refractivity contribution in [2.45, 2.75) is 18.4 Å². The summed E-state index contributed by atoms with van der Waals surface area (Å²) >= 11 is 0. The standard InChI is InChI=1S/C8H11NO4/c9-8(7(12)13)2-3-1-4(8)5(3)6(10)11/h3-5H,1-2,9H2,(H,10,11)(H,12,13)/t3-,4-,5+,8+/m1/s1. The third kappa shape index (κ3) is 0.848. The predicted molar refractivity (Wildman–Crippen MR) is 41.9 cm³/mol. The van der Waals surface area contributed by atoms with Gasteiger partial charge in [-0.1, -0.05) is 0 Å². The molecule has 72 valence electrons. The van der Waals surface area contributed by atoms with Gasteiger partial charge >= 0.3 is 11.9 Å². The molecule has 0 spiro atoms. The monoisotopic (exact) mass is 185 g/mol. The second kappa shape index (κ2) is 2.23. The zero-order valence-electron chi connectivity index (χ0n) is 6.93. The Labute approximate surface area is 74.5 Å². The van der Waals surface area contributed by atoms with Gasteiger partial charge in [-0.05, 0) is 18.8 Å². The molecule has 0 saturated heterocycles. The molecule has 2 bridgehead atoms. The van der Waals surface area contributed by atoms with Gasteiger partial charge in [0, 0.05) is 5.92 Å². The molecule has 5 nitrogen and oxygen atoms in total. The van der Waals surface area contributed by atoms with E-state index in [9.17, 15) is 9.59 Å². The van der Waals surface area contributed by atoms with Crippen molar-refractivity contribution >= 4 is 11.9 Å². The van der Waals surface area contributed by atoms with Crippen LogP contribution in [0.2, 0.25) is 0 Å². The molecule has 3 saturated carbocycles. The molecule has 0 unspecified atom stereocenters. The van der Waals surface area contributed by atoms with Gasteiger partial charge in [0.05, 0.1) is 5.92 Å². The van der Waals surface area contributed by atoms with E-state index in [-0.39, 0.29) is 11.8 Å². The molecule has 4 atom stereocenters. The summed E-state index contributed by atoms with van der Waals surface area (Å²) in [6.45, 7) is 0. The fourth-order valence-corrected chi connectivity index (χ4v) is 2.70. The summed E-state index contributed by atoms with van der Waals surface area (Å²) < 4.78 is 0. The van der Waals surface area contributed by atoms with E-state index in [0.717, 1.165) is 0 Å². The fraction of sp³-hybridized carbons (Fsp3) is 0.750. The summed E-state index contributed by atoms with van der Waals surface area (Å²) in [7, 11) is 0. The van der Waals surface area contributed by atoms with Crippen molar-refractivity contribution in [2.75, 3.05) is 0 Å². The van der Waals surface area contributed by atoms with E-state index in [2.05, 4.69) is 0 Å². The van der Waals surface area contributed by atoms with Gasteiger partial charge in [-0.15, -0.1) is 0 Å². The van der Waals surface area contributed by atoms with Crippen molar-refractivity contribution in [1.29, 1.82) is 0 Å². The number of carboxylic acids is 2. The smallest absolute Gasteiger partial charge is 0.324 e. The molecule has 13 heavy (non-hydrogen) atoms. The van der Waals surface area contributed by atoms with Crippen molar-refractivity contribution < 1.29 is 19.8 Å². The summed E-state index contributed by atoms with van der Waals surface area (Å²) in [5, 5.41) is 17.6. The highest BCUT2D eigenvalue weighted by atomic mass is 16.4. The molecular weight excluding hydrogens is 174 g/mol. The Morgan fingerprint density at radius 2 is 2.00 bits per heavy atom. The van der Waals surface area contributed by atoms with E-state index in [1.54, 1.807) is 0 Å². The Morgan fingerprint density at radius 3 is 2.31 bits per heavy atom. The van der Waals surface area contributed by atoms with Gasteiger partial charge < -0.3 is 15.9 Å². The lowest BCUT2D eigenvalue weighted by molar-refractivity contribution is -0.152. The van der Waals surface area contributed by atoms with Crippen molar-refractivity contribution in [2.24, 2.45) is 23.5 Å². The van der Waals surface area contributed by atoms with Crippen LogP contribution in [0.15, 0.2) is 0 Å². The molecule has 3 rings (SSSR count). The number of hydrogen-bond donors (Lipinski definition) is 3. The molecular formula is C8H11NO4. The summed E-state index contributed by atoms with van der Waals surface area (Å²) in [5.74, 6) is -2.89. The molecule has 3 fully saturated rings. The van der Waals surface area contributed by atoms with Crippen LogP contribution in [0.5, 0.6) is 0 Å². The number of aliphatic carboxylic acids is 2. The highest BCUT2D eigenvalue weighted by molar-refractivity contribution is 5.84. The van der Waals surface area contributed by atoms with Crippen molar-refractivity contribution in [3.63, 3.8) is 0 Å². The second-order valence-corrected chi connectivity index (χ2v) is 4.02. The molecule has 4 N–H and O–H groups in total. The van der Waals surface area contributed by atoms with Crippen molar-refractivity contribution in [1.82, 2.24) is 0 Å². The Bertz CT molecular complexity index is 290. The summed E-state index contributed by atoms with van der Waals surface area (Å²) in [6.07, 6.45) is 0.962. The molecule has 0 aromatic rings. The van der Waals surface area contributed by atoms with Crippen molar-refractivity contribution in [3.8, 4) is 0 Å². The molecule has 3 aliphatic rings. The van der Waals surface area contributed by atoms with Crippen LogP contribution in [-0.2, 0) is 9.59 Å². The molecule has 0 aromatic carbocycles. The van der Waals surface area contributed by atoms with Gasteiger partial charge in [0.25, 0.3) is 0 Å². The molecule has 0 aliphatic heterocycles. The Balaban J connectivity index is 2.24. The summed E-state index contributed by atoms with van der Waals surface area (Å²) in [4.78, 5) is 21.5. The van der Waals surface area contributed by atoms with Crippen LogP contribution in [0, 0.1) is 17.8 Å². The van der Waals surface area contributed by atoms with Crippen LogP contribution >= 0.6 is 0 Å². The van der Waals surface area contributed by atoms with Crippen LogP contribution in [0.4, 0.5) is 0 Å². The minimum atomic E-state index is -1.28. The lowest BCUT2D eigenvalue weighted by Crippen LogP contribution is -2.53. The SMILES string of the molecule is N[C@@]1(C(=O)O)C[C@H]2C[C@@H]1[C@H]2C(=O)O. The largest absolute Gasteiger partial charge is 0.481 e. The average molecular weight is 185 g/mol. The first-order chi connectivity index (χ1) is 5.97. The highest BCUT2D eigenvalue weighted by Crippen LogP contribution is 2.58. The van der Waals surface area contributed by atoms with Gasteiger partial charge in [0.1, 0.15) is 5.54 Å². The van der Waals surface area contributed by atoms with E-state index in [4.69, 9.17) is 15.9 Å². The fourth-order valence-electron chi connectivity index (χ4n) is 2.70. The molecule has 0 radical (unpaired) electrons. The molecule has 0 aromatic heterocycles. The second-order valence-electron chi connectivity index (χ2n) is 4.02. The normalized spacial score (nSPS) is 47.0. The maximum atomic E-state index is 10.8. The van der Waals surface area contributed by atoms with Gasteiger partial charge in [-0.3, -0.25) is 9.59 Å². The topological polar surface area (TPSA) is 101 Å². The van der Waals surface area contributed by atoms with Gasteiger partial charge in [-0.2, -0.15) is 0 Å². The van der Waals surface area contributed by atoms with Gasteiger partial charge in [0.15, 0.2) is 0 Å². The van der Waals surface area contributed by atoms with Crippen LogP contribution in [0.25, 0.3) is 0 Å². The van der Waals surface area contributed by atoms with E-state index < -0.39 is 23.4 Å². The Hall–Kier alpha value is -1.10.